The SMILES string of the molecule is CCc1ccc2nc(C)nn2c1-c1nc2cc(S(C)=O)ccc2o1.O=S=O. The number of nitrogens with zero attached hydrogens (tertiary/aromatic N) is 4. The lowest BCUT2D eigenvalue weighted by Crippen LogP contribution is -1.99. The highest BCUT2D eigenvalue weighted by atomic mass is 32.2. The molecule has 4 aromatic rings. The number of rotatable bonds is 3. The molecule has 4 rings (SSSR count). The molecule has 0 fully saturated rings. The van der Waals surface area contributed by atoms with Crippen molar-refractivity contribution in [2.75, 3.05) is 6.26 Å². The zero-order chi connectivity index (χ0) is 19.6. The van der Waals surface area contributed by atoms with Gasteiger partial charge in [-0.2, -0.15) is 13.5 Å². The van der Waals surface area contributed by atoms with Crippen LogP contribution in [0.25, 0.3) is 28.3 Å². The van der Waals surface area contributed by atoms with Crippen LogP contribution >= 0.6 is 0 Å². The molecule has 1 aromatic carbocycles. The molecule has 0 amide bonds. The zero-order valence-electron chi connectivity index (χ0n) is 14.8. The predicted octanol–water partition coefficient (Wildman–Crippen LogP) is 2.48. The van der Waals surface area contributed by atoms with Gasteiger partial charge in [0.1, 0.15) is 17.0 Å². The van der Waals surface area contributed by atoms with Crippen LogP contribution in [-0.2, 0) is 28.8 Å². The smallest absolute Gasteiger partial charge is 0.335 e. The Morgan fingerprint density at radius 1 is 1.19 bits per heavy atom. The van der Waals surface area contributed by atoms with Crippen LogP contribution in [0.4, 0.5) is 0 Å². The molecule has 1 unspecified atom stereocenters. The van der Waals surface area contributed by atoms with Crippen molar-refractivity contribution in [1.29, 1.82) is 0 Å². The summed E-state index contributed by atoms with van der Waals surface area (Å²) in [5, 5.41) is 4.47. The predicted molar refractivity (Wildman–Crippen MR) is 101 cm³/mol. The maximum atomic E-state index is 11.7. The Morgan fingerprint density at radius 3 is 2.59 bits per heavy atom. The summed E-state index contributed by atoms with van der Waals surface area (Å²) >= 11 is -0.750. The van der Waals surface area contributed by atoms with Crippen LogP contribution in [0.3, 0.4) is 0 Å². The van der Waals surface area contributed by atoms with E-state index in [0.29, 0.717) is 22.8 Å². The Labute approximate surface area is 160 Å². The summed E-state index contributed by atoms with van der Waals surface area (Å²) in [5.41, 5.74) is 4.00. The Balaban J connectivity index is 0.000000659. The number of hydrogen-bond acceptors (Lipinski definition) is 7. The minimum atomic E-state index is -1.05. The molecule has 0 saturated heterocycles. The highest BCUT2D eigenvalue weighted by Gasteiger charge is 2.18. The third-order valence-corrected chi connectivity index (χ3v) is 4.88. The Bertz CT molecular complexity index is 1190. The van der Waals surface area contributed by atoms with Gasteiger partial charge in [0.2, 0.25) is 5.89 Å². The van der Waals surface area contributed by atoms with Crippen molar-refractivity contribution in [3.63, 3.8) is 0 Å². The highest BCUT2D eigenvalue weighted by molar-refractivity contribution is 7.84. The van der Waals surface area contributed by atoms with E-state index in [1.165, 1.54) is 0 Å². The van der Waals surface area contributed by atoms with Crippen molar-refractivity contribution >= 4 is 39.1 Å². The fraction of sp³-hybridized carbons (Fsp3) is 0.235. The van der Waals surface area contributed by atoms with Crippen molar-refractivity contribution < 1.29 is 17.0 Å². The Kier molecular flexibility index (Phi) is 5.57. The molecule has 0 aliphatic rings. The summed E-state index contributed by atoms with van der Waals surface area (Å²) in [6.45, 7) is 3.94. The van der Waals surface area contributed by atoms with Crippen molar-refractivity contribution in [3.8, 4) is 11.6 Å². The molecule has 0 saturated carbocycles. The van der Waals surface area contributed by atoms with Crippen LogP contribution in [0.1, 0.15) is 18.3 Å². The van der Waals surface area contributed by atoms with Gasteiger partial charge in [-0.25, -0.2) is 14.5 Å². The molecule has 0 bridgehead atoms. The van der Waals surface area contributed by atoms with E-state index in [1.54, 1.807) is 29.0 Å². The number of fused-ring (bicyclic) bond motifs is 2. The molecule has 0 radical (unpaired) electrons. The van der Waals surface area contributed by atoms with Crippen LogP contribution in [0.5, 0.6) is 0 Å². The van der Waals surface area contributed by atoms with Gasteiger partial charge in [-0.1, -0.05) is 13.0 Å². The highest BCUT2D eigenvalue weighted by Crippen LogP contribution is 2.29. The molecule has 140 valence electrons. The van der Waals surface area contributed by atoms with E-state index in [4.69, 9.17) is 12.8 Å². The quantitative estimate of drug-likeness (QED) is 0.516. The summed E-state index contributed by atoms with van der Waals surface area (Å²) in [6, 6.07) is 9.38. The molecule has 3 heterocycles. The third-order valence-electron chi connectivity index (χ3n) is 3.96. The second kappa shape index (κ2) is 7.89. The van der Waals surface area contributed by atoms with Gasteiger partial charge in [-0.3, -0.25) is 4.21 Å². The van der Waals surface area contributed by atoms with Gasteiger partial charge in [0.25, 0.3) is 0 Å². The van der Waals surface area contributed by atoms with Crippen molar-refractivity contribution in [1.82, 2.24) is 19.6 Å². The summed E-state index contributed by atoms with van der Waals surface area (Å²) in [6.07, 6.45) is 2.48. The number of aryl methyl sites for hydroxylation is 2. The molecule has 3 aromatic heterocycles. The Morgan fingerprint density at radius 2 is 1.93 bits per heavy atom. The van der Waals surface area contributed by atoms with Gasteiger partial charge in [0.15, 0.2) is 11.2 Å². The number of benzene rings is 1. The van der Waals surface area contributed by atoms with Crippen LogP contribution in [0.2, 0.25) is 0 Å². The Hall–Kier alpha value is -2.72. The average molecular weight is 404 g/mol. The first-order valence-corrected chi connectivity index (χ1v) is 10.2. The fourth-order valence-corrected chi connectivity index (χ4v) is 3.33. The van der Waals surface area contributed by atoms with Gasteiger partial charge >= 0.3 is 11.6 Å². The molecule has 0 aliphatic carbocycles. The summed E-state index contributed by atoms with van der Waals surface area (Å²) in [7, 11) is -1.05. The van der Waals surface area contributed by atoms with Crippen LogP contribution < -0.4 is 0 Å². The van der Waals surface area contributed by atoms with E-state index in [9.17, 15) is 4.21 Å². The number of oxazole rings is 1. The van der Waals surface area contributed by atoms with E-state index in [1.807, 2.05) is 19.1 Å². The van der Waals surface area contributed by atoms with Gasteiger partial charge in [0, 0.05) is 22.0 Å². The zero-order valence-corrected chi connectivity index (χ0v) is 16.5. The monoisotopic (exact) mass is 404 g/mol. The maximum Gasteiger partial charge on any atom is 0.335 e. The van der Waals surface area contributed by atoms with E-state index in [2.05, 4.69) is 22.0 Å². The molecule has 0 aliphatic heterocycles. The lowest BCUT2D eigenvalue weighted by molar-refractivity contribution is 0.611. The van der Waals surface area contributed by atoms with Crippen LogP contribution in [0, 0.1) is 6.92 Å². The van der Waals surface area contributed by atoms with E-state index in [-0.39, 0.29) is 0 Å². The van der Waals surface area contributed by atoms with E-state index in [0.717, 1.165) is 28.2 Å². The first-order valence-electron chi connectivity index (χ1n) is 8.00. The van der Waals surface area contributed by atoms with E-state index >= 15 is 0 Å². The molecular formula is C17H16N4O4S2. The van der Waals surface area contributed by atoms with Crippen LogP contribution in [-0.4, -0.2) is 38.5 Å². The first-order chi connectivity index (χ1) is 13.0. The lowest BCUT2D eigenvalue weighted by atomic mass is 10.1. The second-order valence-electron chi connectivity index (χ2n) is 5.66. The molecule has 0 spiro atoms. The maximum absolute atomic E-state index is 11.7. The van der Waals surface area contributed by atoms with Gasteiger partial charge in [-0.15, -0.1) is 0 Å². The first kappa shape index (κ1) is 19.1. The molecule has 10 heteroatoms. The third kappa shape index (κ3) is 3.71. The molecule has 1 atom stereocenters. The number of hydrogen-bond donors (Lipinski definition) is 0. The minimum Gasteiger partial charge on any atom is -0.435 e. The minimum absolute atomic E-state index is 0.497. The van der Waals surface area contributed by atoms with Crippen molar-refractivity contribution in [3.05, 3.63) is 41.7 Å². The van der Waals surface area contributed by atoms with Crippen molar-refractivity contribution in [2.45, 2.75) is 25.2 Å². The topological polar surface area (TPSA) is 107 Å². The molecule has 0 N–H and O–H groups in total. The second-order valence-corrected chi connectivity index (χ2v) is 7.18. The van der Waals surface area contributed by atoms with E-state index < -0.39 is 22.4 Å². The average Bonchev–Trinajstić information content (AvgIpc) is 3.22. The number of pyridine rings is 1. The number of aromatic nitrogens is 4. The molecule has 27 heavy (non-hydrogen) atoms. The lowest BCUT2D eigenvalue weighted by Gasteiger charge is -2.05. The van der Waals surface area contributed by atoms with Gasteiger partial charge in [-0.05, 0) is 43.2 Å². The summed E-state index contributed by atoms with van der Waals surface area (Å²) < 4.78 is 36.0. The molecular weight excluding hydrogens is 388 g/mol. The summed E-state index contributed by atoms with van der Waals surface area (Å²) in [4.78, 5) is 9.74. The standard InChI is InChI=1S/C17H16N4O2S.O2S/c1-4-11-5-8-15-18-10(2)20-21(15)16(11)17-19-13-9-12(24(3)22)6-7-14(13)23-17;1-3-2/h5-9H,4H2,1-3H3;. The molecule has 8 nitrogen and oxygen atoms in total. The van der Waals surface area contributed by atoms with Gasteiger partial charge in [0.05, 0.1) is 0 Å². The largest absolute Gasteiger partial charge is 0.435 e. The van der Waals surface area contributed by atoms with Crippen LogP contribution in [0.15, 0.2) is 39.6 Å². The fourth-order valence-electron chi connectivity index (χ4n) is 2.79. The summed E-state index contributed by atoms with van der Waals surface area (Å²) in [5.74, 6) is 1.20. The normalized spacial score (nSPS) is 12.0. The van der Waals surface area contributed by atoms with Gasteiger partial charge < -0.3 is 4.42 Å². The van der Waals surface area contributed by atoms with Crippen molar-refractivity contribution in [2.24, 2.45) is 0 Å².